The van der Waals surface area contributed by atoms with Crippen molar-refractivity contribution in [3.05, 3.63) is 0 Å². The molecule has 30 heavy (non-hydrogen) atoms. The highest BCUT2D eigenvalue weighted by atomic mass is 14.6. The van der Waals surface area contributed by atoms with Gasteiger partial charge in [-0.15, -0.1) is 0 Å². The Hall–Kier alpha value is -0.0400. The number of rotatable bonds is 2. The molecule has 6 aliphatic carbocycles. The highest BCUT2D eigenvalue weighted by Gasteiger charge is 2.58. The third kappa shape index (κ3) is 3.43. The van der Waals surface area contributed by atoms with Gasteiger partial charge in [0.2, 0.25) is 0 Å². The first-order valence-electron chi connectivity index (χ1n) is 14.5. The first kappa shape index (κ1) is 20.6. The Bertz CT molecular complexity index is 583. The maximum atomic E-state index is 6.19. The van der Waals surface area contributed by atoms with Crippen molar-refractivity contribution in [2.24, 2.45) is 70.8 Å². The van der Waals surface area contributed by atoms with E-state index in [4.69, 9.17) is 5.73 Å². The predicted octanol–water partition coefficient (Wildman–Crippen LogP) is 7.44. The summed E-state index contributed by atoms with van der Waals surface area (Å²) in [4.78, 5) is 0. The molecule has 6 saturated carbocycles. The van der Waals surface area contributed by atoms with Gasteiger partial charge in [0, 0.05) is 0 Å². The molecular weight excluding hydrogens is 362 g/mol. The molecule has 10 unspecified atom stereocenters. The zero-order valence-corrected chi connectivity index (χ0v) is 19.7. The molecule has 0 aliphatic heterocycles. The SMILES string of the molecule is NC[C@@H]1CCCC(C2CC3C4CCCCC4C4CCCCC4C3C3CCCCC23)C1. The lowest BCUT2D eigenvalue weighted by Gasteiger charge is -2.63. The Labute approximate surface area is 186 Å². The molecule has 0 saturated heterocycles. The highest BCUT2D eigenvalue weighted by Crippen LogP contribution is 2.65. The van der Waals surface area contributed by atoms with Gasteiger partial charge in [0.1, 0.15) is 0 Å². The lowest BCUT2D eigenvalue weighted by molar-refractivity contribution is -0.148. The Balaban J connectivity index is 1.33. The quantitative estimate of drug-likeness (QED) is 0.502. The van der Waals surface area contributed by atoms with Crippen molar-refractivity contribution in [3.63, 3.8) is 0 Å². The van der Waals surface area contributed by atoms with E-state index < -0.39 is 0 Å². The highest BCUT2D eigenvalue weighted by molar-refractivity contribution is 5.07. The topological polar surface area (TPSA) is 26.0 Å². The van der Waals surface area contributed by atoms with Crippen molar-refractivity contribution in [1.29, 1.82) is 0 Å². The molecule has 0 aromatic heterocycles. The van der Waals surface area contributed by atoms with Crippen LogP contribution in [0.15, 0.2) is 0 Å². The molecule has 0 spiro atoms. The summed E-state index contributed by atoms with van der Waals surface area (Å²) in [6.07, 6.45) is 26.5. The van der Waals surface area contributed by atoms with Gasteiger partial charge in [0.05, 0.1) is 0 Å². The molecule has 0 bridgehead atoms. The predicted molar refractivity (Wildman–Crippen MR) is 126 cm³/mol. The summed E-state index contributed by atoms with van der Waals surface area (Å²) in [7, 11) is 0. The van der Waals surface area contributed by atoms with Crippen molar-refractivity contribution >= 4 is 0 Å². The first-order valence-corrected chi connectivity index (χ1v) is 14.5. The molecule has 170 valence electrons. The van der Waals surface area contributed by atoms with Crippen molar-refractivity contribution in [2.75, 3.05) is 6.54 Å². The molecule has 0 radical (unpaired) electrons. The molecule has 0 heterocycles. The van der Waals surface area contributed by atoms with Crippen LogP contribution in [0.4, 0.5) is 0 Å². The summed E-state index contributed by atoms with van der Waals surface area (Å²) in [6, 6.07) is 0. The first-order chi connectivity index (χ1) is 14.8. The van der Waals surface area contributed by atoms with E-state index in [-0.39, 0.29) is 0 Å². The van der Waals surface area contributed by atoms with Gasteiger partial charge in [0.25, 0.3) is 0 Å². The Morgan fingerprint density at radius 2 is 0.933 bits per heavy atom. The molecule has 0 amide bonds. The van der Waals surface area contributed by atoms with Crippen LogP contribution in [0.3, 0.4) is 0 Å². The average molecular weight is 412 g/mol. The summed E-state index contributed by atoms with van der Waals surface area (Å²) < 4.78 is 0. The smallest absolute Gasteiger partial charge is 0.00488 e. The van der Waals surface area contributed by atoms with Crippen LogP contribution in [0.5, 0.6) is 0 Å². The molecule has 1 nitrogen and oxygen atoms in total. The van der Waals surface area contributed by atoms with Crippen LogP contribution in [0.2, 0.25) is 0 Å². The Morgan fingerprint density at radius 3 is 1.53 bits per heavy atom. The van der Waals surface area contributed by atoms with Gasteiger partial charge in [-0.2, -0.15) is 0 Å². The molecule has 6 rings (SSSR count). The molecule has 6 aliphatic rings. The molecule has 6 fully saturated rings. The number of fused-ring (bicyclic) bond motifs is 8. The zero-order valence-electron chi connectivity index (χ0n) is 19.7. The largest absolute Gasteiger partial charge is 0.330 e. The van der Waals surface area contributed by atoms with E-state index in [1.165, 1.54) is 19.3 Å². The minimum absolute atomic E-state index is 0.847. The minimum Gasteiger partial charge on any atom is -0.330 e. The second-order valence-electron chi connectivity index (χ2n) is 13.0. The number of nitrogens with two attached hydrogens (primary N) is 1. The third-order valence-electron chi connectivity index (χ3n) is 12.1. The number of hydrogen-bond donors (Lipinski definition) is 1. The third-order valence-corrected chi connectivity index (χ3v) is 12.1. The standard InChI is InChI=1S/C29H49N/c30-18-19-8-7-9-20(16-19)27-17-28-23-12-2-1-10-21(23)22-11-3-5-14-25(22)29(28)26-15-6-4-13-24(26)27/h19-29H,1-18,30H2/t19-,20?,21?,22?,23?,24?,25?,26?,27?,28?,29?/m1/s1. The normalized spacial score (nSPS) is 53.7. The molecule has 11 atom stereocenters. The van der Waals surface area contributed by atoms with Crippen LogP contribution in [-0.2, 0) is 0 Å². The fourth-order valence-corrected chi connectivity index (χ4v) is 11.2. The summed E-state index contributed by atoms with van der Waals surface area (Å²) in [6.45, 7) is 0.956. The summed E-state index contributed by atoms with van der Waals surface area (Å²) >= 11 is 0. The van der Waals surface area contributed by atoms with Crippen LogP contribution in [0.1, 0.15) is 109 Å². The monoisotopic (exact) mass is 411 g/mol. The Morgan fingerprint density at radius 1 is 0.433 bits per heavy atom. The second kappa shape index (κ2) is 8.72. The number of hydrogen-bond acceptors (Lipinski definition) is 1. The van der Waals surface area contributed by atoms with Crippen LogP contribution >= 0.6 is 0 Å². The van der Waals surface area contributed by atoms with Gasteiger partial charge in [-0.1, -0.05) is 51.4 Å². The van der Waals surface area contributed by atoms with Crippen LogP contribution in [0, 0.1) is 65.1 Å². The van der Waals surface area contributed by atoms with Crippen LogP contribution in [0.25, 0.3) is 0 Å². The van der Waals surface area contributed by atoms with Gasteiger partial charge in [-0.05, 0) is 129 Å². The van der Waals surface area contributed by atoms with E-state index in [2.05, 4.69) is 0 Å². The van der Waals surface area contributed by atoms with E-state index in [9.17, 15) is 0 Å². The van der Waals surface area contributed by atoms with E-state index >= 15 is 0 Å². The summed E-state index contributed by atoms with van der Waals surface area (Å²) in [5.74, 6) is 12.0. The summed E-state index contributed by atoms with van der Waals surface area (Å²) in [5.41, 5.74) is 6.19. The molecule has 0 aromatic rings. The van der Waals surface area contributed by atoms with Gasteiger partial charge in [0.15, 0.2) is 0 Å². The summed E-state index contributed by atoms with van der Waals surface area (Å²) in [5, 5.41) is 0. The van der Waals surface area contributed by atoms with Gasteiger partial charge in [-0.25, -0.2) is 0 Å². The lowest BCUT2D eigenvalue weighted by atomic mass is 9.41. The van der Waals surface area contributed by atoms with Gasteiger partial charge >= 0.3 is 0 Å². The minimum atomic E-state index is 0.847. The molecule has 1 heteroatoms. The Kier molecular flexibility index (Phi) is 5.97. The van der Waals surface area contributed by atoms with E-state index in [1.54, 1.807) is 89.9 Å². The van der Waals surface area contributed by atoms with Crippen molar-refractivity contribution < 1.29 is 0 Å². The van der Waals surface area contributed by atoms with Crippen molar-refractivity contribution in [2.45, 2.75) is 109 Å². The second-order valence-corrected chi connectivity index (χ2v) is 13.0. The van der Waals surface area contributed by atoms with Crippen molar-refractivity contribution in [1.82, 2.24) is 0 Å². The fourth-order valence-electron chi connectivity index (χ4n) is 11.2. The van der Waals surface area contributed by atoms with Gasteiger partial charge in [-0.3, -0.25) is 0 Å². The van der Waals surface area contributed by atoms with Crippen LogP contribution in [-0.4, -0.2) is 6.54 Å². The van der Waals surface area contributed by atoms with Crippen molar-refractivity contribution in [3.8, 4) is 0 Å². The van der Waals surface area contributed by atoms with E-state index in [0.717, 1.165) is 71.6 Å². The lowest BCUT2D eigenvalue weighted by Crippen LogP contribution is -2.57. The van der Waals surface area contributed by atoms with Gasteiger partial charge < -0.3 is 5.73 Å². The molecular formula is C29H49N. The maximum Gasteiger partial charge on any atom is -0.00488 e. The van der Waals surface area contributed by atoms with E-state index in [1.807, 2.05) is 0 Å². The van der Waals surface area contributed by atoms with Crippen LogP contribution < -0.4 is 5.73 Å². The maximum absolute atomic E-state index is 6.19. The van der Waals surface area contributed by atoms with E-state index in [0.29, 0.717) is 0 Å². The molecule has 0 aromatic carbocycles. The fraction of sp³-hybridized carbons (Fsp3) is 1.00. The zero-order chi connectivity index (χ0) is 20.1. The molecule has 2 N–H and O–H groups in total. The average Bonchev–Trinajstić information content (AvgIpc) is 2.83.